The second-order valence-electron chi connectivity index (χ2n) is 6.62. The maximum absolute atomic E-state index is 12.5. The van der Waals surface area contributed by atoms with E-state index in [0.717, 1.165) is 27.7 Å². The van der Waals surface area contributed by atoms with Gasteiger partial charge in [-0.15, -0.1) is 0 Å². The number of hydrogen-bond acceptors (Lipinski definition) is 5. The van der Waals surface area contributed by atoms with Gasteiger partial charge < -0.3 is 9.30 Å². The van der Waals surface area contributed by atoms with Gasteiger partial charge in [-0.05, 0) is 68.4 Å². The lowest BCUT2D eigenvalue weighted by Crippen LogP contribution is -2.35. The molecule has 0 fully saturated rings. The molecule has 0 saturated heterocycles. The third kappa shape index (κ3) is 3.28. The molecule has 0 bridgehead atoms. The first-order valence-corrected chi connectivity index (χ1v) is 9.99. The number of hydrogen-bond donors (Lipinski definition) is 1. The van der Waals surface area contributed by atoms with Crippen molar-refractivity contribution >= 4 is 51.4 Å². The van der Waals surface area contributed by atoms with Crippen molar-refractivity contribution in [2.24, 2.45) is 10.1 Å². The van der Waals surface area contributed by atoms with Crippen molar-refractivity contribution in [2.45, 2.75) is 20.8 Å². The highest BCUT2D eigenvalue weighted by molar-refractivity contribution is 8.26. The molecular formula is C20H18ClN5O2S. The third-order valence-electron chi connectivity index (χ3n) is 4.71. The molecule has 2 aliphatic heterocycles. The predicted molar refractivity (Wildman–Crippen MR) is 117 cm³/mol. The van der Waals surface area contributed by atoms with Gasteiger partial charge in [0.25, 0.3) is 5.91 Å². The molecule has 2 aliphatic rings. The van der Waals surface area contributed by atoms with E-state index in [1.54, 1.807) is 19.3 Å². The SMILES string of the molecule is COc1ccc(Cl)cc1-n1c(C)cc(/C=C2/C(=N)N3N=C(C)SC3=NC2=O)c1C. The van der Waals surface area contributed by atoms with Gasteiger partial charge in [0.2, 0.25) is 5.17 Å². The van der Waals surface area contributed by atoms with Crippen LogP contribution in [-0.4, -0.2) is 38.6 Å². The summed E-state index contributed by atoms with van der Waals surface area (Å²) >= 11 is 7.49. The van der Waals surface area contributed by atoms with Gasteiger partial charge in [0.15, 0.2) is 5.84 Å². The van der Waals surface area contributed by atoms with Gasteiger partial charge in [-0.1, -0.05) is 11.6 Å². The zero-order chi connectivity index (χ0) is 20.9. The lowest BCUT2D eigenvalue weighted by atomic mass is 10.1. The summed E-state index contributed by atoms with van der Waals surface area (Å²) in [7, 11) is 1.61. The van der Waals surface area contributed by atoms with Crippen LogP contribution in [0.2, 0.25) is 5.02 Å². The van der Waals surface area contributed by atoms with E-state index in [4.69, 9.17) is 21.7 Å². The monoisotopic (exact) mass is 427 g/mol. The summed E-state index contributed by atoms with van der Waals surface area (Å²) < 4.78 is 7.50. The number of ether oxygens (including phenoxy) is 1. The molecule has 1 aromatic carbocycles. The minimum atomic E-state index is -0.441. The van der Waals surface area contributed by atoms with Crippen molar-refractivity contribution in [3.8, 4) is 11.4 Å². The number of nitrogens with one attached hydrogen (secondary N) is 1. The summed E-state index contributed by atoms with van der Waals surface area (Å²) in [5.41, 5.74) is 3.65. The molecule has 0 saturated carbocycles. The number of amidine groups is 2. The Morgan fingerprint density at radius 3 is 2.72 bits per heavy atom. The summed E-state index contributed by atoms with van der Waals surface area (Å²) in [5.74, 6) is 0.267. The smallest absolute Gasteiger partial charge is 0.283 e. The lowest BCUT2D eigenvalue weighted by molar-refractivity contribution is -0.114. The number of aromatic nitrogens is 1. The van der Waals surface area contributed by atoms with Crippen molar-refractivity contribution in [1.82, 2.24) is 9.58 Å². The number of carbonyl (C=O) groups excluding carboxylic acids is 1. The number of benzene rings is 1. The molecule has 9 heteroatoms. The van der Waals surface area contributed by atoms with Crippen LogP contribution >= 0.6 is 23.4 Å². The zero-order valence-corrected chi connectivity index (χ0v) is 17.9. The number of methoxy groups -OCH3 is 1. The Balaban J connectivity index is 1.81. The molecule has 1 N–H and O–H groups in total. The van der Waals surface area contributed by atoms with Crippen LogP contribution in [0.15, 0.2) is 39.9 Å². The van der Waals surface area contributed by atoms with E-state index < -0.39 is 5.91 Å². The van der Waals surface area contributed by atoms with Crippen molar-refractivity contribution < 1.29 is 9.53 Å². The van der Waals surface area contributed by atoms with Gasteiger partial charge in [-0.2, -0.15) is 15.1 Å². The second kappa shape index (κ2) is 7.20. The van der Waals surface area contributed by atoms with Gasteiger partial charge in [0.1, 0.15) is 5.75 Å². The summed E-state index contributed by atoms with van der Waals surface area (Å²) in [6.45, 7) is 5.72. The number of hydrazone groups is 1. The number of amides is 1. The number of thioether (sulfide) groups is 1. The van der Waals surface area contributed by atoms with E-state index >= 15 is 0 Å². The fraction of sp³-hybridized carbons (Fsp3) is 0.200. The number of rotatable bonds is 3. The van der Waals surface area contributed by atoms with Crippen LogP contribution in [0.1, 0.15) is 23.9 Å². The minimum Gasteiger partial charge on any atom is -0.495 e. The number of fused-ring (bicyclic) bond motifs is 1. The maximum atomic E-state index is 12.5. The highest BCUT2D eigenvalue weighted by Crippen LogP contribution is 2.32. The Kier molecular flexibility index (Phi) is 4.84. The van der Waals surface area contributed by atoms with Gasteiger partial charge in [-0.25, -0.2) is 0 Å². The Morgan fingerprint density at radius 2 is 2.00 bits per heavy atom. The lowest BCUT2D eigenvalue weighted by Gasteiger charge is -2.20. The van der Waals surface area contributed by atoms with Gasteiger partial charge in [-0.3, -0.25) is 10.2 Å². The largest absolute Gasteiger partial charge is 0.495 e. The molecule has 4 rings (SSSR count). The molecular weight excluding hydrogens is 410 g/mol. The Bertz CT molecular complexity index is 1160. The molecule has 0 radical (unpaired) electrons. The highest BCUT2D eigenvalue weighted by atomic mass is 35.5. The van der Waals surface area contributed by atoms with Crippen molar-refractivity contribution in [2.75, 3.05) is 7.11 Å². The van der Waals surface area contributed by atoms with E-state index in [2.05, 4.69) is 10.1 Å². The number of aryl methyl sites for hydroxylation is 1. The third-order valence-corrected chi connectivity index (χ3v) is 5.77. The molecule has 1 aromatic heterocycles. The Morgan fingerprint density at radius 1 is 1.24 bits per heavy atom. The predicted octanol–water partition coefficient (Wildman–Crippen LogP) is 4.40. The highest BCUT2D eigenvalue weighted by Gasteiger charge is 2.34. The summed E-state index contributed by atoms with van der Waals surface area (Å²) in [6, 6.07) is 7.38. The summed E-state index contributed by atoms with van der Waals surface area (Å²) in [6.07, 6.45) is 1.69. The molecule has 29 heavy (non-hydrogen) atoms. The second-order valence-corrected chi connectivity index (χ2v) is 8.21. The number of halogens is 1. The van der Waals surface area contributed by atoms with Crippen LogP contribution in [-0.2, 0) is 4.79 Å². The van der Waals surface area contributed by atoms with Crippen LogP contribution in [0.4, 0.5) is 0 Å². The van der Waals surface area contributed by atoms with Crippen LogP contribution in [0.5, 0.6) is 5.75 Å². The fourth-order valence-corrected chi connectivity index (χ4v) is 4.29. The first-order valence-electron chi connectivity index (χ1n) is 8.80. The van der Waals surface area contributed by atoms with E-state index in [1.807, 2.05) is 43.5 Å². The van der Waals surface area contributed by atoms with Crippen LogP contribution < -0.4 is 4.74 Å². The quantitative estimate of drug-likeness (QED) is 0.736. The van der Waals surface area contributed by atoms with Crippen molar-refractivity contribution in [3.05, 3.63) is 51.8 Å². The van der Waals surface area contributed by atoms with Crippen LogP contribution in [0, 0.1) is 19.3 Å². The molecule has 0 unspecified atom stereocenters. The average Bonchev–Trinajstić information content (AvgIpc) is 3.17. The summed E-state index contributed by atoms with van der Waals surface area (Å²) in [5, 5.41) is 15.8. The standard InChI is InChI=1S/C20H18ClN5O2S/c1-10-7-13(11(2)25(10)16-9-14(21)5-6-17(16)28-4)8-15-18(22)26-20(23-19(15)27)29-12(3)24-26/h5-9,22H,1-4H3/b15-8-,22-18?. The van der Waals surface area contributed by atoms with E-state index in [1.165, 1.54) is 16.8 Å². The Hall–Kier alpha value is -2.84. The van der Waals surface area contributed by atoms with Crippen LogP contribution in [0.25, 0.3) is 11.8 Å². The van der Waals surface area contributed by atoms with Crippen LogP contribution in [0.3, 0.4) is 0 Å². The molecule has 7 nitrogen and oxygen atoms in total. The molecule has 1 amide bonds. The van der Waals surface area contributed by atoms with Gasteiger partial charge >= 0.3 is 0 Å². The number of aliphatic imine (C=N–C) groups is 1. The van der Waals surface area contributed by atoms with Crippen molar-refractivity contribution in [3.63, 3.8) is 0 Å². The molecule has 3 heterocycles. The first-order chi connectivity index (χ1) is 13.8. The van der Waals surface area contributed by atoms with E-state index in [0.29, 0.717) is 15.9 Å². The van der Waals surface area contributed by atoms with E-state index in [9.17, 15) is 4.79 Å². The number of carbonyl (C=O) groups is 1. The van der Waals surface area contributed by atoms with Gasteiger partial charge in [0, 0.05) is 16.4 Å². The molecule has 0 aliphatic carbocycles. The molecule has 2 aromatic rings. The average molecular weight is 428 g/mol. The van der Waals surface area contributed by atoms with E-state index in [-0.39, 0.29) is 11.4 Å². The number of nitrogens with zero attached hydrogens (tertiary/aromatic N) is 4. The normalized spacial score (nSPS) is 17.6. The molecule has 0 spiro atoms. The molecule has 0 atom stereocenters. The van der Waals surface area contributed by atoms with Crippen molar-refractivity contribution in [1.29, 1.82) is 5.41 Å². The molecule has 148 valence electrons. The van der Waals surface area contributed by atoms with Gasteiger partial charge in [0.05, 0.1) is 23.4 Å². The minimum absolute atomic E-state index is 0.0227. The summed E-state index contributed by atoms with van der Waals surface area (Å²) in [4.78, 5) is 16.6. The topological polar surface area (TPSA) is 83.0 Å². The maximum Gasteiger partial charge on any atom is 0.283 e. The zero-order valence-electron chi connectivity index (χ0n) is 16.3. The Labute approximate surface area is 177 Å². The fourth-order valence-electron chi connectivity index (χ4n) is 3.39. The first kappa shape index (κ1) is 19.5.